The van der Waals surface area contributed by atoms with E-state index in [4.69, 9.17) is 0 Å². The second-order valence-electron chi connectivity index (χ2n) is 5.95. The van der Waals surface area contributed by atoms with E-state index in [1.807, 2.05) is 43.3 Å². The lowest BCUT2D eigenvalue weighted by Gasteiger charge is -2.12. The van der Waals surface area contributed by atoms with Gasteiger partial charge in [0.25, 0.3) is 15.9 Å². The molecule has 3 rings (SSSR count). The van der Waals surface area contributed by atoms with Crippen LogP contribution in [0.25, 0.3) is 0 Å². The molecule has 0 unspecified atom stereocenters. The van der Waals surface area contributed by atoms with Gasteiger partial charge in [0, 0.05) is 11.6 Å². The van der Waals surface area contributed by atoms with E-state index in [2.05, 4.69) is 20.2 Å². The van der Waals surface area contributed by atoms with Gasteiger partial charge in [0.05, 0.1) is 0 Å². The minimum absolute atomic E-state index is 0.120. The number of aryl methyl sites for hydroxylation is 1. The van der Waals surface area contributed by atoms with Crippen LogP contribution in [-0.4, -0.2) is 24.5 Å². The third-order valence-corrected chi connectivity index (χ3v) is 6.52. The minimum Gasteiger partial charge on any atom is -0.296 e. The fourth-order valence-electron chi connectivity index (χ4n) is 2.42. The van der Waals surface area contributed by atoms with Crippen molar-refractivity contribution in [3.63, 3.8) is 0 Å². The Morgan fingerprint density at radius 3 is 2.52 bits per heavy atom. The first-order valence-electron chi connectivity index (χ1n) is 8.14. The molecule has 0 aliphatic carbocycles. The number of nitrogens with one attached hydrogen (secondary N) is 2. The van der Waals surface area contributed by atoms with E-state index in [0.29, 0.717) is 5.56 Å². The Kier molecular flexibility index (Phi) is 5.64. The topological polar surface area (TPSA) is 101 Å². The minimum atomic E-state index is -3.85. The maximum atomic E-state index is 12.5. The largest absolute Gasteiger partial charge is 0.296 e. The number of sulfonamides is 1. The summed E-state index contributed by atoms with van der Waals surface area (Å²) in [5.41, 5.74) is 2.24. The summed E-state index contributed by atoms with van der Waals surface area (Å²) in [6, 6.07) is 15.8. The number of nitrogens with zero attached hydrogens (tertiary/aromatic N) is 2. The molecule has 2 aromatic carbocycles. The first-order chi connectivity index (χ1) is 12.8. The van der Waals surface area contributed by atoms with Gasteiger partial charge in [-0.05, 0) is 31.5 Å². The van der Waals surface area contributed by atoms with Crippen LogP contribution in [0.3, 0.4) is 0 Å². The van der Waals surface area contributed by atoms with Crippen molar-refractivity contribution in [2.75, 3.05) is 5.32 Å². The summed E-state index contributed by atoms with van der Waals surface area (Å²) >= 11 is 0.800. The summed E-state index contributed by atoms with van der Waals surface area (Å²) in [5.74, 6) is -0.371. The van der Waals surface area contributed by atoms with Gasteiger partial charge in [-0.2, -0.15) is 0 Å². The predicted molar refractivity (Wildman–Crippen MR) is 104 cm³/mol. The molecule has 9 heteroatoms. The number of benzene rings is 2. The first kappa shape index (κ1) is 19.2. The SMILES string of the molecule is Cc1cccc(C(=O)Nc2nnc(S(=O)(=O)N[C@@H](C)c3ccccc3)s2)c1. The molecule has 0 saturated carbocycles. The van der Waals surface area contributed by atoms with Crippen molar-refractivity contribution in [2.45, 2.75) is 24.2 Å². The second kappa shape index (κ2) is 7.95. The Bertz CT molecular complexity index is 1050. The number of carbonyl (C=O) groups is 1. The Morgan fingerprint density at radius 1 is 1.07 bits per heavy atom. The molecule has 2 N–H and O–H groups in total. The molecule has 0 radical (unpaired) electrons. The van der Waals surface area contributed by atoms with Crippen molar-refractivity contribution >= 4 is 32.4 Å². The summed E-state index contributed by atoms with van der Waals surface area (Å²) in [4.78, 5) is 12.3. The lowest BCUT2D eigenvalue weighted by atomic mass is 10.1. The van der Waals surface area contributed by atoms with Crippen LogP contribution in [0.1, 0.15) is 34.5 Å². The highest BCUT2D eigenvalue weighted by Gasteiger charge is 2.23. The second-order valence-corrected chi connectivity index (χ2v) is 8.82. The van der Waals surface area contributed by atoms with Crippen LogP contribution in [0.4, 0.5) is 5.13 Å². The van der Waals surface area contributed by atoms with Gasteiger partial charge in [0.2, 0.25) is 9.47 Å². The van der Waals surface area contributed by atoms with Crippen LogP contribution in [0.2, 0.25) is 0 Å². The van der Waals surface area contributed by atoms with Gasteiger partial charge in [-0.3, -0.25) is 10.1 Å². The molecule has 7 nitrogen and oxygen atoms in total. The van der Waals surface area contributed by atoms with Crippen molar-refractivity contribution in [3.05, 3.63) is 71.3 Å². The molecule has 1 aromatic heterocycles. The molecule has 0 aliphatic rings. The monoisotopic (exact) mass is 402 g/mol. The average Bonchev–Trinajstić information content (AvgIpc) is 3.11. The Labute approximate surface area is 161 Å². The maximum Gasteiger partial charge on any atom is 0.270 e. The average molecular weight is 403 g/mol. The molecule has 0 spiro atoms. The van der Waals surface area contributed by atoms with E-state index in [0.717, 1.165) is 22.5 Å². The van der Waals surface area contributed by atoms with Gasteiger partial charge < -0.3 is 0 Å². The fraction of sp³-hybridized carbons (Fsp3) is 0.167. The number of carbonyl (C=O) groups excluding carboxylic acids is 1. The Balaban J connectivity index is 1.71. The zero-order valence-corrected chi connectivity index (χ0v) is 16.3. The van der Waals surface area contributed by atoms with Crippen LogP contribution in [-0.2, 0) is 10.0 Å². The highest BCUT2D eigenvalue weighted by atomic mass is 32.2. The zero-order valence-electron chi connectivity index (χ0n) is 14.7. The standard InChI is InChI=1S/C18H18N4O3S2/c1-12-7-6-10-15(11-12)16(23)19-17-20-21-18(26-17)27(24,25)22-13(2)14-8-4-3-5-9-14/h3-11,13,22H,1-2H3,(H,19,20,23)/t13-/m0/s1. The van der Waals surface area contributed by atoms with Crippen LogP contribution < -0.4 is 10.0 Å². The van der Waals surface area contributed by atoms with Crippen LogP contribution >= 0.6 is 11.3 Å². The smallest absolute Gasteiger partial charge is 0.270 e. The summed E-state index contributed by atoms with van der Waals surface area (Å²) < 4.78 is 27.4. The van der Waals surface area contributed by atoms with E-state index in [-0.39, 0.29) is 15.4 Å². The number of hydrogen-bond acceptors (Lipinski definition) is 6. The molecular weight excluding hydrogens is 384 g/mol. The molecule has 1 amide bonds. The Hall–Kier alpha value is -2.62. The van der Waals surface area contributed by atoms with E-state index >= 15 is 0 Å². The van der Waals surface area contributed by atoms with Gasteiger partial charge in [-0.15, -0.1) is 10.2 Å². The van der Waals surface area contributed by atoms with E-state index in [1.54, 1.807) is 25.1 Å². The number of aromatic nitrogens is 2. The lowest BCUT2D eigenvalue weighted by molar-refractivity contribution is 0.102. The number of rotatable bonds is 6. The molecule has 3 aromatic rings. The third kappa shape index (κ3) is 4.76. The van der Waals surface area contributed by atoms with Crippen LogP contribution in [0.5, 0.6) is 0 Å². The third-order valence-electron chi connectivity index (χ3n) is 3.77. The van der Waals surface area contributed by atoms with Gasteiger partial charge in [0.15, 0.2) is 0 Å². The predicted octanol–water partition coefficient (Wildman–Crippen LogP) is 3.14. The number of amides is 1. The Morgan fingerprint density at radius 2 is 1.81 bits per heavy atom. The van der Waals surface area contributed by atoms with E-state index in [9.17, 15) is 13.2 Å². The molecule has 0 saturated heterocycles. The highest BCUT2D eigenvalue weighted by molar-refractivity contribution is 7.91. The van der Waals surface area contributed by atoms with Crippen molar-refractivity contribution in [2.24, 2.45) is 0 Å². The molecule has 0 aliphatic heterocycles. The molecule has 1 heterocycles. The summed E-state index contributed by atoms with van der Waals surface area (Å²) in [6.45, 7) is 3.63. The maximum absolute atomic E-state index is 12.5. The quantitative estimate of drug-likeness (QED) is 0.617. The van der Waals surface area contributed by atoms with Gasteiger partial charge in [-0.1, -0.05) is 59.4 Å². The van der Waals surface area contributed by atoms with Crippen LogP contribution in [0.15, 0.2) is 58.9 Å². The molecular formula is C18H18N4O3S2. The van der Waals surface area contributed by atoms with Gasteiger partial charge >= 0.3 is 0 Å². The summed E-state index contributed by atoms with van der Waals surface area (Å²) in [5, 5.41) is 10.2. The number of anilines is 1. The van der Waals surface area contributed by atoms with Gasteiger partial charge in [0.1, 0.15) is 0 Å². The first-order valence-corrected chi connectivity index (χ1v) is 10.4. The van der Waals surface area contributed by atoms with E-state index < -0.39 is 16.1 Å². The molecule has 1 atom stereocenters. The fourth-order valence-corrected chi connectivity index (χ4v) is 4.56. The van der Waals surface area contributed by atoms with Crippen molar-refractivity contribution in [3.8, 4) is 0 Å². The van der Waals surface area contributed by atoms with Crippen molar-refractivity contribution in [1.29, 1.82) is 0 Å². The number of hydrogen-bond donors (Lipinski definition) is 2. The van der Waals surface area contributed by atoms with E-state index in [1.165, 1.54) is 0 Å². The normalized spacial score (nSPS) is 12.5. The molecule has 0 fully saturated rings. The molecule has 0 bridgehead atoms. The zero-order chi connectivity index (χ0) is 19.4. The van der Waals surface area contributed by atoms with Crippen molar-refractivity contribution in [1.82, 2.24) is 14.9 Å². The molecule has 140 valence electrons. The molecule has 27 heavy (non-hydrogen) atoms. The van der Waals surface area contributed by atoms with Crippen LogP contribution in [0, 0.1) is 6.92 Å². The van der Waals surface area contributed by atoms with Crippen molar-refractivity contribution < 1.29 is 13.2 Å². The summed E-state index contributed by atoms with van der Waals surface area (Å²) in [7, 11) is -3.85. The highest BCUT2D eigenvalue weighted by Crippen LogP contribution is 2.23. The van der Waals surface area contributed by atoms with Gasteiger partial charge in [-0.25, -0.2) is 13.1 Å². The summed E-state index contributed by atoms with van der Waals surface area (Å²) in [6.07, 6.45) is 0. The lowest BCUT2D eigenvalue weighted by Crippen LogP contribution is -2.26.